The molecule has 1 amide bonds. The number of hydrogen-bond acceptors (Lipinski definition) is 3. The van der Waals surface area contributed by atoms with Gasteiger partial charge >= 0.3 is 6.09 Å². The highest BCUT2D eigenvalue weighted by atomic mass is 16.6. The third-order valence-corrected chi connectivity index (χ3v) is 4.12. The Balaban J connectivity index is 2.22. The summed E-state index contributed by atoms with van der Waals surface area (Å²) in [6.45, 7) is 9.46. The van der Waals surface area contributed by atoms with Crippen molar-refractivity contribution in [3.8, 4) is 0 Å². The second-order valence-electron chi connectivity index (χ2n) is 7.22. The zero-order valence-corrected chi connectivity index (χ0v) is 14.4. The first kappa shape index (κ1) is 17.5. The first-order valence-electron chi connectivity index (χ1n) is 8.23. The largest absolute Gasteiger partial charge is 0.444 e. The molecular formula is C19H28N2O2. The number of carbonyl (C=O) groups is 1. The molecule has 4 nitrogen and oxygen atoms in total. The first-order chi connectivity index (χ1) is 10.8. The van der Waals surface area contributed by atoms with E-state index in [4.69, 9.17) is 10.5 Å². The van der Waals surface area contributed by atoms with Gasteiger partial charge in [-0.25, -0.2) is 4.79 Å². The average molecular weight is 316 g/mol. The monoisotopic (exact) mass is 316 g/mol. The minimum absolute atomic E-state index is 0.0443. The lowest BCUT2D eigenvalue weighted by molar-refractivity contribution is 0.0143. The molecule has 2 rings (SSSR count). The lowest BCUT2D eigenvalue weighted by Gasteiger charge is -2.33. The van der Waals surface area contributed by atoms with Crippen molar-refractivity contribution in [1.82, 2.24) is 4.90 Å². The minimum atomic E-state index is -0.514. The molecule has 0 aliphatic carbocycles. The molecule has 3 atom stereocenters. The number of nitrogens with two attached hydrogens (primary N) is 1. The summed E-state index contributed by atoms with van der Waals surface area (Å²) in [5.41, 5.74) is 7.02. The van der Waals surface area contributed by atoms with Gasteiger partial charge in [-0.3, -0.25) is 4.90 Å². The van der Waals surface area contributed by atoms with Gasteiger partial charge in [-0.05, 0) is 45.6 Å². The molecule has 2 N–H and O–H groups in total. The van der Waals surface area contributed by atoms with E-state index >= 15 is 0 Å². The lowest BCUT2D eigenvalue weighted by atomic mass is 10.0. The number of hydrogen-bond donors (Lipinski definition) is 1. The van der Waals surface area contributed by atoms with Crippen LogP contribution in [0.3, 0.4) is 0 Å². The van der Waals surface area contributed by atoms with E-state index in [0.717, 1.165) is 19.3 Å². The Morgan fingerprint density at radius 2 is 2.04 bits per heavy atom. The fourth-order valence-corrected chi connectivity index (χ4v) is 3.17. The van der Waals surface area contributed by atoms with Gasteiger partial charge in [0.1, 0.15) is 5.60 Å². The number of ether oxygens (including phenoxy) is 1. The van der Waals surface area contributed by atoms with Crippen LogP contribution in [0.1, 0.15) is 39.2 Å². The van der Waals surface area contributed by atoms with Crippen LogP contribution in [0.2, 0.25) is 0 Å². The molecule has 0 bridgehead atoms. The van der Waals surface area contributed by atoms with Crippen molar-refractivity contribution < 1.29 is 9.53 Å². The number of nitrogens with zero attached hydrogens (tertiary/aromatic N) is 1. The van der Waals surface area contributed by atoms with E-state index in [1.54, 1.807) is 0 Å². The van der Waals surface area contributed by atoms with Gasteiger partial charge in [-0.1, -0.05) is 36.4 Å². The second kappa shape index (κ2) is 7.18. The van der Waals surface area contributed by atoms with Crippen LogP contribution in [-0.4, -0.2) is 34.7 Å². The summed E-state index contributed by atoms with van der Waals surface area (Å²) in [6, 6.07) is 10.1. The van der Waals surface area contributed by atoms with Crippen LogP contribution in [0, 0.1) is 0 Å². The second-order valence-corrected chi connectivity index (χ2v) is 7.22. The number of carbonyl (C=O) groups excluding carboxylic acids is 1. The Morgan fingerprint density at radius 3 is 2.61 bits per heavy atom. The van der Waals surface area contributed by atoms with Crippen molar-refractivity contribution in [2.45, 2.75) is 63.8 Å². The van der Waals surface area contributed by atoms with Gasteiger partial charge in [0.25, 0.3) is 0 Å². The number of amides is 1. The van der Waals surface area contributed by atoms with Crippen LogP contribution in [0.5, 0.6) is 0 Å². The summed E-state index contributed by atoms with van der Waals surface area (Å²) in [4.78, 5) is 14.5. The van der Waals surface area contributed by atoms with Crippen LogP contribution in [0.15, 0.2) is 43.0 Å². The predicted molar refractivity (Wildman–Crippen MR) is 93.2 cm³/mol. The molecule has 0 saturated carbocycles. The molecule has 1 aromatic rings. The molecule has 126 valence electrons. The van der Waals surface area contributed by atoms with Crippen molar-refractivity contribution in [2.75, 3.05) is 0 Å². The van der Waals surface area contributed by atoms with Crippen LogP contribution < -0.4 is 5.73 Å². The summed E-state index contributed by atoms with van der Waals surface area (Å²) in [7, 11) is 0. The molecule has 1 fully saturated rings. The molecule has 1 saturated heterocycles. The molecule has 1 aliphatic rings. The molecule has 1 aromatic carbocycles. The van der Waals surface area contributed by atoms with Crippen molar-refractivity contribution in [2.24, 2.45) is 5.73 Å². The quantitative estimate of drug-likeness (QED) is 0.865. The highest BCUT2D eigenvalue weighted by Gasteiger charge is 2.43. The van der Waals surface area contributed by atoms with Crippen molar-refractivity contribution in [3.63, 3.8) is 0 Å². The minimum Gasteiger partial charge on any atom is -0.444 e. The van der Waals surface area contributed by atoms with E-state index in [9.17, 15) is 4.79 Å². The third kappa shape index (κ3) is 4.58. The van der Waals surface area contributed by atoms with Crippen LogP contribution >= 0.6 is 0 Å². The summed E-state index contributed by atoms with van der Waals surface area (Å²) in [6.07, 6.45) is 3.83. The van der Waals surface area contributed by atoms with E-state index in [-0.39, 0.29) is 24.2 Å². The first-order valence-corrected chi connectivity index (χ1v) is 8.23. The maximum atomic E-state index is 12.7. The fourth-order valence-electron chi connectivity index (χ4n) is 3.17. The highest BCUT2D eigenvalue weighted by Crippen LogP contribution is 2.30. The van der Waals surface area contributed by atoms with Crippen molar-refractivity contribution in [1.29, 1.82) is 0 Å². The Labute approximate surface area is 139 Å². The van der Waals surface area contributed by atoms with Gasteiger partial charge in [0, 0.05) is 12.1 Å². The molecule has 2 unspecified atom stereocenters. The van der Waals surface area contributed by atoms with Crippen LogP contribution in [0.25, 0.3) is 0 Å². The molecule has 0 aromatic heterocycles. The standard InChI is InChI=1S/C19H28N2O2/c1-5-9-15-13-16(20)17(12-14-10-7-6-8-11-14)21(15)18(22)23-19(2,3)4/h5-8,10-11,15-17H,1,9,12-13,20H2,2-4H3/t15?,16-,17?/m1/s1. The third-order valence-electron chi connectivity index (χ3n) is 4.12. The van der Waals surface area contributed by atoms with E-state index < -0.39 is 5.60 Å². The molecule has 1 aliphatic heterocycles. The molecule has 0 spiro atoms. The normalized spacial score (nSPS) is 24.5. The summed E-state index contributed by atoms with van der Waals surface area (Å²) < 4.78 is 5.61. The van der Waals surface area contributed by atoms with Crippen molar-refractivity contribution in [3.05, 3.63) is 48.6 Å². The zero-order valence-electron chi connectivity index (χ0n) is 14.4. The van der Waals surface area contributed by atoms with E-state index in [2.05, 4.69) is 18.7 Å². The van der Waals surface area contributed by atoms with Gasteiger partial charge in [0.15, 0.2) is 0 Å². The average Bonchev–Trinajstić information content (AvgIpc) is 2.75. The van der Waals surface area contributed by atoms with E-state index in [0.29, 0.717) is 0 Å². The highest BCUT2D eigenvalue weighted by molar-refractivity contribution is 5.70. The maximum Gasteiger partial charge on any atom is 0.410 e. The number of rotatable bonds is 4. The van der Waals surface area contributed by atoms with E-state index in [1.807, 2.05) is 49.9 Å². The Kier molecular flexibility index (Phi) is 5.47. The molecule has 4 heteroatoms. The molecule has 0 radical (unpaired) electrons. The molecular weight excluding hydrogens is 288 g/mol. The smallest absolute Gasteiger partial charge is 0.410 e. The fraction of sp³-hybridized carbons (Fsp3) is 0.526. The van der Waals surface area contributed by atoms with E-state index in [1.165, 1.54) is 5.56 Å². The van der Waals surface area contributed by atoms with Gasteiger partial charge in [0.2, 0.25) is 0 Å². The van der Waals surface area contributed by atoms with Gasteiger partial charge in [-0.15, -0.1) is 6.58 Å². The van der Waals surface area contributed by atoms with Crippen molar-refractivity contribution >= 4 is 6.09 Å². The van der Waals surface area contributed by atoms with Gasteiger partial charge in [-0.2, -0.15) is 0 Å². The molecule has 1 heterocycles. The Bertz CT molecular complexity index is 536. The zero-order chi connectivity index (χ0) is 17.0. The SMILES string of the molecule is C=CCC1C[C@@H](N)C(Cc2ccccc2)N1C(=O)OC(C)(C)C. The summed E-state index contributed by atoms with van der Waals surface area (Å²) in [5, 5.41) is 0. The number of benzene rings is 1. The Hall–Kier alpha value is -1.81. The van der Waals surface area contributed by atoms with Gasteiger partial charge in [0.05, 0.1) is 6.04 Å². The molecule has 23 heavy (non-hydrogen) atoms. The topological polar surface area (TPSA) is 55.6 Å². The predicted octanol–water partition coefficient (Wildman–Crippen LogP) is 3.51. The lowest BCUT2D eigenvalue weighted by Crippen LogP contribution is -2.48. The summed E-state index contributed by atoms with van der Waals surface area (Å²) in [5.74, 6) is 0. The van der Waals surface area contributed by atoms with Crippen LogP contribution in [-0.2, 0) is 11.2 Å². The Morgan fingerprint density at radius 1 is 1.39 bits per heavy atom. The van der Waals surface area contributed by atoms with Gasteiger partial charge < -0.3 is 10.5 Å². The van der Waals surface area contributed by atoms with Crippen LogP contribution in [0.4, 0.5) is 4.79 Å². The summed E-state index contributed by atoms with van der Waals surface area (Å²) >= 11 is 0. The maximum absolute atomic E-state index is 12.7. The number of likely N-dealkylation sites (tertiary alicyclic amines) is 1.